The Hall–Kier alpha value is -2.03. The summed E-state index contributed by atoms with van der Waals surface area (Å²) in [5.41, 5.74) is 0.929. The highest BCUT2D eigenvalue weighted by atomic mass is 32.1. The molecule has 26 heavy (non-hydrogen) atoms. The predicted molar refractivity (Wildman–Crippen MR) is 104 cm³/mol. The average molecular weight is 388 g/mol. The number of rotatable bonds is 5. The van der Waals surface area contributed by atoms with Crippen LogP contribution in [-0.4, -0.2) is 56.7 Å². The molecule has 0 spiro atoms. The maximum absolute atomic E-state index is 12.7. The van der Waals surface area contributed by atoms with Gasteiger partial charge in [0.1, 0.15) is 17.2 Å². The fourth-order valence-corrected chi connectivity index (χ4v) is 4.49. The Balaban J connectivity index is 1.32. The van der Waals surface area contributed by atoms with Gasteiger partial charge in [-0.05, 0) is 23.9 Å². The molecule has 1 saturated heterocycles. The van der Waals surface area contributed by atoms with Gasteiger partial charge in [0.15, 0.2) is 0 Å². The van der Waals surface area contributed by atoms with Crippen molar-refractivity contribution >= 4 is 28.6 Å². The van der Waals surface area contributed by atoms with Crippen molar-refractivity contribution in [3.63, 3.8) is 0 Å². The lowest BCUT2D eigenvalue weighted by Gasteiger charge is -2.21. The smallest absolute Gasteiger partial charge is 0.244 e. The Morgan fingerprint density at radius 2 is 2.08 bits per heavy atom. The summed E-state index contributed by atoms with van der Waals surface area (Å²) in [4.78, 5) is 22.5. The third-order valence-electron chi connectivity index (χ3n) is 4.50. The van der Waals surface area contributed by atoms with E-state index in [1.807, 2.05) is 46.3 Å². The first-order chi connectivity index (χ1) is 12.8. The van der Waals surface area contributed by atoms with Crippen molar-refractivity contribution in [1.29, 1.82) is 0 Å². The van der Waals surface area contributed by atoms with Gasteiger partial charge in [-0.2, -0.15) is 5.10 Å². The van der Waals surface area contributed by atoms with E-state index in [1.165, 1.54) is 0 Å². The molecule has 4 heterocycles. The minimum absolute atomic E-state index is 0.141. The molecule has 0 bridgehead atoms. The molecule has 3 aromatic heterocycles. The number of hydrogen-bond acceptors (Lipinski definition) is 6. The minimum atomic E-state index is 0.141. The highest BCUT2D eigenvalue weighted by molar-refractivity contribution is 7.13. The highest BCUT2D eigenvalue weighted by Gasteiger charge is 2.20. The monoisotopic (exact) mass is 387 g/mol. The van der Waals surface area contributed by atoms with Gasteiger partial charge < -0.3 is 4.90 Å². The van der Waals surface area contributed by atoms with Crippen molar-refractivity contribution in [2.75, 3.05) is 26.2 Å². The Morgan fingerprint density at radius 1 is 1.12 bits per heavy atom. The summed E-state index contributed by atoms with van der Waals surface area (Å²) in [7, 11) is 0. The Labute approximate surface area is 160 Å². The van der Waals surface area contributed by atoms with Crippen LogP contribution in [0.15, 0.2) is 41.4 Å². The second-order valence-electron chi connectivity index (χ2n) is 6.31. The Morgan fingerprint density at radius 3 is 2.88 bits per heavy atom. The van der Waals surface area contributed by atoms with Gasteiger partial charge >= 0.3 is 0 Å². The number of carbonyl (C=O) groups excluding carboxylic acids is 1. The molecule has 0 aliphatic carbocycles. The van der Waals surface area contributed by atoms with Crippen LogP contribution >= 0.6 is 22.7 Å². The third-order valence-corrected chi connectivity index (χ3v) is 6.15. The van der Waals surface area contributed by atoms with E-state index in [4.69, 9.17) is 0 Å². The van der Waals surface area contributed by atoms with Crippen molar-refractivity contribution in [2.24, 2.45) is 0 Å². The van der Waals surface area contributed by atoms with Gasteiger partial charge in [0.2, 0.25) is 5.91 Å². The molecule has 3 aromatic rings. The molecule has 1 fully saturated rings. The largest absolute Gasteiger partial charge is 0.340 e. The van der Waals surface area contributed by atoms with E-state index in [0.717, 1.165) is 54.7 Å². The molecule has 0 unspecified atom stereocenters. The quantitative estimate of drug-likeness (QED) is 0.676. The second kappa shape index (κ2) is 8.11. The lowest BCUT2D eigenvalue weighted by atomic mass is 10.3. The Bertz CT molecular complexity index is 828. The molecular weight excluding hydrogens is 366 g/mol. The molecule has 0 N–H and O–H groups in total. The summed E-state index contributed by atoms with van der Waals surface area (Å²) in [6.07, 6.45) is 4.73. The number of amides is 1. The number of nitrogens with zero attached hydrogens (tertiary/aromatic N) is 5. The van der Waals surface area contributed by atoms with Crippen LogP contribution < -0.4 is 0 Å². The molecule has 0 aromatic carbocycles. The zero-order valence-corrected chi connectivity index (χ0v) is 16.1. The normalized spacial score (nSPS) is 15.9. The maximum atomic E-state index is 12.7. The summed E-state index contributed by atoms with van der Waals surface area (Å²) >= 11 is 3.35. The molecule has 8 heteroatoms. The fourth-order valence-electron chi connectivity index (χ4n) is 3.14. The van der Waals surface area contributed by atoms with E-state index in [0.29, 0.717) is 6.54 Å². The van der Waals surface area contributed by atoms with Crippen molar-refractivity contribution in [2.45, 2.75) is 19.5 Å². The van der Waals surface area contributed by atoms with E-state index < -0.39 is 0 Å². The number of thiazole rings is 1. The molecule has 136 valence electrons. The molecule has 0 radical (unpaired) electrons. The van der Waals surface area contributed by atoms with Crippen LogP contribution in [0, 0.1) is 0 Å². The zero-order chi connectivity index (χ0) is 17.8. The molecular formula is C18H21N5OS2. The predicted octanol–water partition coefficient (Wildman–Crippen LogP) is 2.80. The van der Waals surface area contributed by atoms with Crippen LogP contribution in [-0.2, 0) is 17.9 Å². The zero-order valence-electron chi connectivity index (χ0n) is 14.5. The summed E-state index contributed by atoms with van der Waals surface area (Å²) < 4.78 is 1.75. The number of thiophene rings is 1. The van der Waals surface area contributed by atoms with Gasteiger partial charge in [0, 0.05) is 44.0 Å². The third kappa shape index (κ3) is 4.20. The van der Waals surface area contributed by atoms with Crippen molar-refractivity contribution in [3.05, 3.63) is 46.4 Å². The van der Waals surface area contributed by atoms with Gasteiger partial charge in [0.25, 0.3) is 0 Å². The number of hydrogen-bond donors (Lipinski definition) is 0. The standard InChI is InChI=1S/C18H21N5OS2/c24-18(14-23-8-4-15(20-23)16-3-1-11-25-16)22-7-2-6-21(9-10-22)13-17-19-5-12-26-17/h1,3-5,8,11-12H,2,6-7,9-10,13-14H2. The highest BCUT2D eigenvalue weighted by Crippen LogP contribution is 2.22. The maximum Gasteiger partial charge on any atom is 0.244 e. The van der Waals surface area contributed by atoms with E-state index in [2.05, 4.69) is 15.0 Å². The van der Waals surface area contributed by atoms with Crippen molar-refractivity contribution in [3.8, 4) is 10.6 Å². The fraction of sp³-hybridized carbons (Fsp3) is 0.389. The second-order valence-corrected chi connectivity index (χ2v) is 8.24. The molecule has 1 amide bonds. The molecule has 6 nitrogen and oxygen atoms in total. The molecule has 1 aliphatic rings. The van der Waals surface area contributed by atoms with Crippen molar-refractivity contribution < 1.29 is 4.79 Å². The van der Waals surface area contributed by atoms with Crippen LogP contribution in [0.25, 0.3) is 10.6 Å². The van der Waals surface area contributed by atoms with Gasteiger partial charge in [-0.1, -0.05) is 6.07 Å². The molecule has 1 aliphatic heterocycles. The van der Waals surface area contributed by atoms with Gasteiger partial charge in [0.05, 0.1) is 11.4 Å². The van der Waals surface area contributed by atoms with Gasteiger partial charge in [-0.15, -0.1) is 22.7 Å². The SMILES string of the molecule is O=C(Cn1ccc(-c2cccs2)n1)N1CCCN(Cc2nccs2)CC1. The average Bonchev–Trinajstić information content (AvgIpc) is 3.37. The van der Waals surface area contributed by atoms with Gasteiger partial charge in [-0.25, -0.2) is 4.98 Å². The lowest BCUT2D eigenvalue weighted by Crippen LogP contribution is -2.37. The first-order valence-electron chi connectivity index (χ1n) is 8.74. The van der Waals surface area contributed by atoms with E-state index in [9.17, 15) is 4.79 Å². The molecule has 0 saturated carbocycles. The molecule has 0 atom stereocenters. The van der Waals surface area contributed by atoms with Crippen LogP contribution in [0.1, 0.15) is 11.4 Å². The first-order valence-corrected chi connectivity index (χ1v) is 10.5. The Kier molecular flexibility index (Phi) is 5.42. The van der Waals surface area contributed by atoms with E-state index in [1.54, 1.807) is 27.4 Å². The van der Waals surface area contributed by atoms with E-state index >= 15 is 0 Å². The minimum Gasteiger partial charge on any atom is -0.340 e. The summed E-state index contributed by atoms with van der Waals surface area (Å²) in [5, 5.41) is 9.73. The van der Waals surface area contributed by atoms with Gasteiger partial charge in [-0.3, -0.25) is 14.4 Å². The summed E-state index contributed by atoms with van der Waals surface area (Å²) in [6.45, 7) is 4.66. The van der Waals surface area contributed by atoms with Crippen molar-refractivity contribution in [1.82, 2.24) is 24.6 Å². The summed E-state index contributed by atoms with van der Waals surface area (Å²) in [6, 6.07) is 6.03. The molecule has 4 rings (SSSR count). The lowest BCUT2D eigenvalue weighted by molar-refractivity contribution is -0.131. The van der Waals surface area contributed by atoms with Crippen LogP contribution in [0.5, 0.6) is 0 Å². The summed E-state index contributed by atoms with van der Waals surface area (Å²) in [5.74, 6) is 0.141. The number of aromatic nitrogens is 3. The van der Waals surface area contributed by atoms with Crippen LogP contribution in [0.3, 0.4) is 0 Å². The van der Waals surface area contributed by atoms with Crippen LogP contribution in [0.4, 0.5) is 0 Å². The first kappa shape index (κ1) is 17.4. The topological polar surface area (TPSA) is 54.3 Å². The number of carbonyl (C=O) groups is 1. The van der Waals surface area contributed by atoms with E-state index in [-0.39, 0.29) is 5.91 Å². The van der Waals surface area contributed by atoms with Crippen LogP contribution in [0.2, 0.25) is 0 Å².